The third kappa shape index (κ3) is 3.95. The van der Waals surface area contributed by atoms with Crippen molar-refractivity contribution in [3.05, 3.63) is 0 Å². The van der Waals surface area contributed by atoms with Crippen molar-refractivity contribution in [1.29, 1.82) is 0 Å². The Labute approximate surface area is 130 Å². The first-order valence-corrected chi connectivity index (χ1v) is 6.56. The fourth-order valence-electron chi connectivity index (χ4n) is 2.34. The molecular weight excluding hydrogens is 318 g/mol. The molecule has 11 heteroatoms. The van der Waals surface area contributed by atoms with Crippen LogP contribution in [0.15, 0.2) is 0 Å². The number of aliphatic hydroxyl groups is 3. The van der Waals surface area contributed by atoms with Crippen molar-refractivity contribution >= 4 is 17.8 Å². The minimum atomic E-state index is -2.36. The van der Waals surface area contributed by atoms with Crippen LogP contribution >= 0.6 is 0 Å². The highest BCUT2D eigenvalue weighted by molar-refractivity contribution is 5.77. The van der Waals surface area contributed by atoms with E-state index in [1.807, 2.05) is 0 Å². The Hall–Kier alpha value is -1.79. The molecule has 0 radical (unpaired) electrons. The van der Waals surface area contributed by atoms with Gasteiger partial charge in [-0.15, -0.1) is 0 Å². The first kappa shape index (κ1) is 19.3. The van der Waals surface area contributed by atoms with E-state index in [4.69, 9.17) is 14.6 Å². The van der Waals surface area contributed by atoms with Gasteiger partial charge >= 0.3 is 11.9 Å². The summed E-state index contributed by atoms with van der Waals surface area (Å²) in [7, 11) is 0.983. The zero-order chi connectivity index (χ0) is 17.9. The molecule has 0 unspecified atom stereocenters. The van der Waals surface area contributed by atoms with E-state index in [2.05, 4.69) is 5.32 Å². The summed E-state index contributed by atoms with van der Waals surface area (Å²) in [4.78, 5) is 33.3. The number of carboxylic acids is 2. The number of rotatable bonds is 6. The second-order valence-corrected chi connectivity index (χ2v) is 5.12. The fourth-order valence-corrected chi connectivity index (χ4v) is 2.34. The summed E-state index contributed by atoms with van der Waals surface area (Å²) in [6, 6.07) is -1.35. The van der Waals surface area contributed by atoms with Crippen molar-refractivity contribution in [2.24, 2.45) is 0 Å². The predicted molar refractivity (Wildman–Crippen MR) is 70.1 cm³/mol. The first-order chi connectivity index (χ1) is 10.6. The molecule has 132 valence electrons. The molecule has 0 saturated carbocycles. The molecule has 0 aromatic rings. The topological polar surface area (TPSA) is 183 Å². The van der Waals surface area contributed by atoms with E-state index in [1.54, 1.807) is 0 Å². The number of aliphatic carboxylic acids is 2. The van der Waals surface area contributed by atoms with Crippen LogP contribution in [0.2, 0.25) is 0 Å². The lowest BCUT2D eigenvalue weighted by Crippen LogP contribution is -2.67. The van der Waals surface area contributed by atoms with Gasteiger partial charge in [-0.25, -0.2) is 9.59 Å². The minimum Gasteiger partial charge on any atom is -0.479 e. The average Bonchev–Trinajstić information content (AvgIpc) is 2.46. The fraction of sp³-hybridized carbons (Fsp3) is 0.750. The van der Waals surface area contributed by atoms with Gasteiger partial charge in [-0.2, -0.15) is 0 Å². The quantitative estimate of drug-likeness (QED) is 0.290. The molecule has 0 spiro atoms. The molecule has 1 aliphatic rings. The number of amides is 1. The Morgan fingerprint density at radius 1 is 1.30 bits per heavy atom. The van der Waals surface area contributed by atoms with E-state index in [9.17, 15) is 34.8 Å². The Balaban J connectivity index is 3.20. The van der Waals surface area contributed by atoms with E-state index in [0.29, 0.717) is 0 Å². The van der Waals surface area contributed by atoms with E-state index in [-0.39, 0.29) is 0 Å². The lowest BCUT2D eigenvalue weighted by molar-refractivity contribution is -0.302. The standard InChI is InChI=1S/C12H19NO10/c1-4(14)13-6-5(15)3-12(22-2,11(20)21)23-9(6)7(16)8(17)10(18)19/h5-9,15-17H,3H2,1-2H3,(H,13,14)(H,18,19)(H,20,21)/t5-,6+,7+,8-,9+,12-/m0/s1. The molecule has 1 aliphatic heterocycles. The number of methoxy groups -OCH3 is 1. The zero-order valence-electron chi connectivity index (χ0n) is 12.4. The summed E-state index contributed by atoms with van der Waals surface area (Å²) < 4.78 is 9.88. The Bertz CT molecular complexity index is 482. The van der Waals surface area contributed by atoms with Crippen LogP contribution in [0.25, 0.3) is 0 Å². The van der Waals surface area contributed by atoms with Crippen LogP contribution in [0, 0.1) is 0 Å². The molecule has 0 aromatic carbocycles. The molecule has 1 rings (SSSR count). The molecule has 0 bridgehead atoms. The largest absolute Gasteiger partial charge is 0.479 e. The SMILES string of the molecule is CO[C@@]1(C(=O)O)C[C@H](O)[C@@H](NC(C)=O)[C@H]([C@H](O)[C@H](O)C(=O)O)O1. The number of carbonyl (C=O) groups excluding carboxylic acids is 1. The highest BCUT2D eigenvalue weighted by Crippen LogP contribution is 2.32. The van der Waals surface area contributed by atoms with Gasteiger partial charge in [0.15, 0.2) is 6.10 Å². The molecule has 1 saturated heterocycles. The van der Waals surface area contributed by atoms with Gasteiger partial charge in [-0.3, -0.25) is 4.79 Å². The maximum absolute atomic E-state index is 11.3. The third-order valence-electron chi connectivity index (χ3n) is 3.51. The number of aliphatic hydroxyl groups excluding tert-OH is 3. The first-order valence-electron chi connectivity index (χ1n) is 6.56. The summed E-state index contributed by atoms with van der Waals surface area (Å²) >= 11 is 0. The van der Waals surface area contributed by atoms with E-state index in [0.717, 1.165) is 14.0 Å². The third-order valence-corrected chi connectivity index (χ3v) is 3.51. The second kappa shape index (κ2) is 7.19. The number of carboxylic acid groups (broad SMARTS) is 2. The van der Waals surface area contributed by atoms with Gasteiger partial charge in [0, 0.05) is 20.5 Å². The lowest BCUT2D eigenvalue weighted by atomic mass is 9.88. The molecule has 1 heterocycles. The monoisotopic (exact) mass is 337 g/mol. The summed E-state index contributed by atoms with van der Waals surface area (Å²) in [5.41, 5.74) is 0. The number of ether oxygens (including phenoxy) is 2. The zero-order valence-corrected chi connectivity index (χ0v) is 12.4. The number of hydrogen-bond donors (Lipinski definition) is 6. The van der Waals surface area contributed by atoms with Crippen LogP contribution in [-0.4, -0.2) is 86.7 Å². The summed E-state index contributed by atoms with van der Waals surface area (Å²) in [6.07, 6.45) is -8.33. The van der Waals surface area contributed by atoms with Crippen molar-refractivity contribution in [3.8, 4) is 0 Å². The molecule has 1 amide bonds. The summed E-state index contributed by atoms with van der Waals surface area (Å²) in [5, 5.41) is 49.7. The van der Waals surface area contributed by atoms with Crippen molar-refractivity contribution in [2.75, 3.05) is 7.11 Å². The van der Waals surface area contributed by atoms with Crippen LogP contribution < -0.4 is 5.32 Å². The normalized spacial score (nSPS) is 33.5. The molecule has 6 atom stereocenters. The lowest BCUT2D eigenvalue weighted by Gasteiger charge is -2.45. The molecule has 23 heavy (non-hydrogen) atoms. The Kier molecular flexibility index (Phi) is 6.02. The van der Waals surface area contributed by atoms with E-state index >= 15 is 0 Å². The van der Waals surface area contributed by atoms with Gasteiger partial charge in [0.25, 0.3) is 5.79 Å². The van der Waals surface area contributed by atoms with Crippen LogP contribution in [0.3, 0.4) is 0 Å². The van der Waals surface area contributed by atoms with Crippen LogP contribution in [0.1, 0.15) is 13.3 Å². The molecular formula is C12H19NO10. The number of hydrogen-bond acceptors (Lipinski definition) is 8. The van der Waals surface area contributed by atoms with Gasteiger partial charge in [-0.05, 0) is 0 Å². The van der Waals surface area contributed by atoms with Crippen LogP contribution in [0.4, 0.5) is 0 Å². The Morgan fingerprint density at radius 2 is 1.87 bits per heavy atom. The van der Waals surface area contributed by atoms with Gasteiger partial charge in [0.2, 0.25) is 5.91 Å². The highest BCUT2D eigenvalue weighted by atomic mass is 16.7. The van der Waals surface area contributed by atoms with Gasteiger partial charge in [0.05, 0.1) is 12.1 Å². The van der Waals surface area contributed by atoms with Gasteiger partial charge in [-0.1, -0.05) is 0 Å². The van der Waals surface area contributed by atoms with Crippen LogP contribution in [0.5, 0.6) is 0 Å². The van der Waals surface area contributed by atoms with Gasteiger partial charge in [0.1, 0.15) is 12.2 Å². The van der Waals surface area contributed by atoms with E-state index < -0.39 is 60.5 Å². The predicted octanol–water partition coefficient (Wildman–Crippen LogP) is -3.13. The van der Waals surface area contributed by atoms with Gasteiger partial charge < -0.3 is 40.3 Å². The van der Waals surface area contributed by atoms with Crippen molar-refractivity contribution in [3.63, 3.8) is 0 Å². The molecule has 1 fully saturated rings. The number of carbonyl (C=O) groups is 3. The molecule has 0 aromatic heterocycles. The highest BCUT2D eigenvalue weighted by Gasteiger charge is 2.55. The maximum atomic E-state index is 11.3. The summed E-state index contributed by atoms with van der Waals surface area (Å²) in [5.74, 6) is -6.42. The average molecular weight is 337 g/mol. The van der Waals surface area contributed by atoms with Crippen LogP contribution in [-0.2, 0) is 23.9 Å². The van der Waals surface area contributed by atoms with Crippen molar-refractivity contribution in [1.82, 2.24) is 5.32 Å². The second-order valence-electron chi connectivity index (χ2n) is 5.12. The number of nitrogens with one attached hydrogen (secondary N) is 1. The smallest absolute Gasteiger partial charge is 0.364 e. The van der Waals surface area contributed by atoms with Crippen molar-refractivity contribution < 1.29 is 49.4 Å². The minimum absolute atomic E-state index is 0.587. The summed E-state index contributed by atoms with van der Waals surface area (Å²) in [6.45, 7) is 1.10. The van der Waals surface area contributed by atoms with Crippen molar-refractivity contribution in [2.45, 2.75) is 49.6 Å². The maximum Gasteiger partial charge on any atom is 0.364 e. The van der Waals surface area contributed by atoms with E-state index in [1.165, 1.54) is 0 Å². The molecule has 11 nitrogen and oxygen atoms in total. The molecule has 6 N–H and O–H groups in total. The molecule has 0 aliphatic carbocycles. The Morgan fingerprint density at radius 3 is 2.26 bits per heavy atom.